The van der Waals surface area contributed by atoms with E-state index in [1.807, 2.05) is 0 Å². The Labute approximate surface area is 116 Å². The lowest BCUT2D eigenvalue weighted by atomic mass is 10.1. The summed E-state index contributed by atoms with van der Waals surface area (Å²) in [5, 5.41) is 9.16. The van der Waals surface area contributed by atoms with Gasteiger partial charge in [-0.05, 0) is 23.5 Å². The van der Waals surface area contributed by atoms with Crippen LogP contribution in [0.2, 0.25) is 0 Å². The molecule has 3 rings (SSSR count). The summed E-state index contributed by atoms with van der Waals surface area (Å²) in [4.78, 5) is 25.1. The van der Waals surface area contributed by atoms with Gasteiger partial charge in [0.25, 0.3) is 0 Å². The van der Waals surface area contributed by atoms with Gasteiger partial charge in [0, 0.05) is 6.54 Å². The maximum absolute atomic E-state index is 13.9. The number of hydrogen-bond donors (Lipinski definition) is 1. The summed E-state index contributed by atoms with van der Waals surface area (Å²) in [7, 11) is 0. The molecule has 2 aliphatic rings. The Morgan fingerprint density at radius 3 is 2.65 bits per heavy atom. The zero-order chi connectivity index (χ0) is 14.7. The lowest BCUT2D eigenvalue weighted by Gasteiger charge is -2.18. The number of aliphatic carboxylic acids is 1. The molecule has 1 heterocycles. The van der Waals surface area contributed by atoms with Crippen molar-refractivity contribution < 1.29 is 19.1 Å². The number of fused-ring (bicyclic) bond motifs is 1. The summed E-state index contributed by atoms with van der Waals surface area (Å²) < 4.78 is 13.9. The van der Waals surface area contributed by atoms with Crippen LogP contribution in [0.3, 0.4) is 0 Å². The van der Waals surface area contributed by atoms with Crippen molar-refractivity contribution in [2.45, 2.75) is 20.3 Å². The highest BCUT2D eigenvalue weighted by molar-refractivity contribution is 6.02. The summed E-state index contributed by atoms with van der Waals surface area (Å²) in [5.41, 5.74) is 0.574. The highest BCUT2D eigenvalue weighted by Gasteiger charge is 2.67. The summed E-state index contributed by atoms with van der Waals surface area (Å²) in [6.45, 7) is 3.97. The lowest BCUT2D eigenvalue weighted by Crippen LogP contribution is -2.32. The first-order chi connectivity index (χ1) is 9.35. The van der Waals surface area contributed by atoms with Crippen molar-refractivity contribution in [3.8, 4) is 0 Å². The van der Waals surface area contributed by atoms with Crippen molar-refractivity contribution in [3.63, 3.8) is 0 Å². The molecule has 1 aromatic carbocycles. The van der Waals surface area contributed by atoms with Gasteiger partial charge in [-0.1, -0.05) is 26.0 Å². The number of amides is 1. The van der Waals surface area contributed by atoms with Crippen molar-refractivity contribution in [2.24, 2.45) is 17.3 Å². The number of carbonyl (C=O) groups excluding carboxylic acids is 1. The van der Waals surface area contributed by atoms with Gasteiger partial charge in [-0.3, -0.25) is 9.59 Å². The number of carboxylic acid groups (broad SMARTS) is 1. The first kappa shape index (κ1) is 13.1. The van der Waals surface area contributed by atoms with E-state index >= 15 is 0 Å². The highest BCUT2D eigenvalue weighted by Crippen LogP contribution is 2.59. The lowest BCUT2D eigenvalue weighted by molar-refractivity contribution is -0.140. The average Bonchev–Trinajstić information content (AvgIpc) is 2.75. The number of para-hydroxylation sites is 1. The van der Waals surface area contributed by atoms with Crippen molar-refractivity contribution in [2.75, 3.05) is 11.4 Å². The van der Waals surface area contributed by atoms with Gasteiger partial charge in [-0.15, -0.1) is 0 Å². The van der Waals surface area contributed by atoms with Crippen molar-refractivity contribution in [3.05, 3.63) is 29.6 Å². The third-order valence-corrected chi connectivity index (χ3v) is 4.57. The average molecular weight is 277 g/mol. The Morgan fingerprint density at radius 1 is 1.35 bits per heavy atom. The van der Waals surface area contributed by atoms with Crippen LogP contribution in [0.4, 0.5) is 10.1 Å². The van der Waals surface area contributed by atoms with Crippen LogP contribution in [0.25, 0.3) is 0 Å². The third kappa shape index (κ3) is 1.65. The molecule has 1 aliphatic heterocycles. The van der Waals surface area contributed by atoms with E-state index in [0.717, 1.165) is 5.56 Å². The third-order valence-electron chi connectivity index (χ3n) is 4.57. The Hall–Kier alpha value is -1.91. The second kappa shape index (κ2) is 4.04. The van der Waals surface area contributed by atoms with Gasteiger partial charge in [0.05, 0.1) is 17.5 Å². The molecule has 1 fully saturated rings. The SMILES string of the molecule is CC1(C)[C@H](C(=O)O)[C@@H]1C(=O)N1CCc2cccc(F)c21. The summed E-state index contributed by atoms with van der Waals surface area (Å²) in [6, 6.07) is 4.76. The second-order valence-corrected chi connectivity index (χ2v) is 6.10. The predicted molar refractivity (Wildman–Crippen MR) is 70.9 cm³/mol. The van der Waals surface area contributed by atoms with Gasteiger partial charge in [0.2, 0.25) is 5.91 Å². The smallest absolute Gasteiger partial charge is 0.307 e. The first-order valence-electron chi connectivity index (χ1n) is 6.67. The van der Waals surface area contributed by atoms with E-state index in [0.29, 0.717) is 18.7 Å². The van der Waals surface area contributed by atoms with Crippen molar-refractivity contribution in [1.82, 2.24) is 0 Å². The Bertz CT molecular complexity index is 611. The quantitative estimate of drug-likeness (QED) is 0.900. The summed E-state index contributed by atoms with van der Waals surface area (Å²) in [6.07, 6.45) is 0.615. The van der Waals surface area contributed by atoms with Crippen molar-refractivity contribution in [1.29, 1.82) is 0 Å². The fourth-order valence-corrected chi connectivity index (χ4v) is 3.36. The molecule has 0 radical (unpaired) electrons. The Morgan fingerprint density at radius 2 is 2.05 bits per heavy atom. The molecule has 106 valence electrons. The minimum atomic E-state index is -0.957. The number of hydrogen-bond acceptors (Lipinski definition) is 2. The molecule has 1 aliphatic carbocycles. The van der Waals surface area contributed by atoms with Crippen LogP contribution < -0.4 is 4.90 Å². The maximum Gasteiger partial charge on any atom is 0.307 e. The van der Waals surface area contributed by atoms with Gasteiger partial charge in [-0.2, -0.15) is 0 Å². The van der Waals surface area contributed by atoms with Crippen LogP contribution in [0, 0.1) is 23.1 Å². The van der Waals surface area contributed by atoms with Gasteiger partial charge < -0.3 is 10.0 Å². The van der Waals surface area contributed by atoms with Crippen LogP contribution in [-0.4, -0.2) is 23.5 Å². The fourth-order valence-electron chi connectivity index (χ4n) is 3.36. The normalized spacial score (nSPS) is 26.2. The standard InChI is InChI=1S/C15H16FNO3/c1-15(2)10(11(15)14(19)20)13(18)17-7-6-8-4-3-5-9(16)12(8)17/h3-5,10-11H,6-7H2,1-2H3,(H,19,20)/t10-,11+/m1/s1. The highest BCUT2D eigenvalue weighted by atomic mass is 19.1. The summed E-state index contributed by atoms with van der Waals surface area (Å²) >= 11 is 0. The van der Waals surface area contributed by atoms with E-state index in [1.54, 1.807) is 26.0 Å². The maximum atomic E-state index is 13.9. The monoisotopic (exact) mass is 277 g/mol. The van der Waals surface area contributed by atoms with Gasteiger partial charge in [0.15, 0.2) is 0 Å². The number of carboxylic acids is 1. The number of carbonyl (C=O) groups is 2. The minimum absolute atomic E-state index is 0.272. The van der Waals surface area contributed by atoms with Crippen LogP contribution in [0.15, 0.2) is 18.2 Å². The molecular weight excluding hydrogens is 261 g/mol. The Balaban J connectivity index is 1.91. The van der Waals surface area contributed by atoms with E-state index in [4.69, 9.17) is 5.11 Å². The van der Waals surface area contributed by atoms with Crippen molar-refractivity contribution >= 4 is 17.6 Å². The van der Waals surface area contributed by atoms with Gasteiger partial charge in [0.1, 0.15) is 5.82 Å². The van der Waals surface area contributed by atoms with Crippen LogP contribution >= 0.6 is 0 Å². The van der Waals surface area contributed by atoms with Crippen LogP contribution in [-0.2, 0) is 16.0 Å². The molecule has 1 N–H and O–H groups in total. The molecule has 1 aromatic rings. The van der Waals surface area contributed by atoms with E-state index in [1.165, 1.54) is 11.0 Å². The van der Waals surface area contributed by atoms with Crippen LogP contribution in [0.1, 0.15) is 19.4 Å². The van der Waals surface area contributed by atoms with E-state index in [2.05, 4.69) is 0 Å². The topological polar surface area (TPSA) is 57.6 Å². The fraction of sp³-hybridized carbons (Fsp3) is 0.467. The number of benzene rings is 1. The molecule has 20 heavy (non-hydrogen) atoms. The molecule has 4 nitrogen and oxygen atoms in total. The predicted octanol–water partition coefficient (Wildman–Crippen LogP) is 2.07. The second-order valence-electron chi connectivity index (χ2n) is 6.10. The van der Waals surface area contributed by atoms with Gasteiger partial charge >= 0.3 is 5.97 Å². The number of nitrogens with zero attached hydrogens (tertiary/aromatic N) is 1. The minimum Gasteiger partial charge on any atom is -0.481 e. The molecule has 5 heteroatoms. The number of halogens is 1. The van der Waals surface area contributed by atoms with Gasteiger partial charge in [-0.25, -0.2) is 4.39 Å². The number of rotatable bonds is 2. The molecule has 1 saturated carbocycles. The van der Waals surface area contributed by atoms with Crippen LogP contribution in [0.5, 0.6) is 0 Å². The molecule has 0 spiro atoms. The molecule has 1 amide bonds. The molecule has 0 unspecified atom stereocenters. The zero-order valence-electron chi connectivity index (χ0n) is 11.4. The van der Waals surface area contributed by atoms with E-state index in [-0.39, 0.29) is 5.91 Å². The first-order valence-corrected chi connectivity index (χ1v) is 6.67. The number of anilines is 1. The van der Waals surface area contributed by atoms with E-state index < -0.39 is 29.0 Å². The molecule has 0 bridgehead atoms. The largest absolute Gasteiger partial charge is 0.481 e. The molecule has 2 atom stereocenters. The zero-order valence-corrected chi connectivity index (χ0v) is 11.4. The Kier molecular flexibility index (Phi) is 2.64. The summed E-state index contributed by atoms with van der Waals surface area (Å²) in [5.74, 6) is -2.89. The van der Waals surface area contributed by atoms with E-state index in [9.17, 15) is 14.0 Å². The molecule has 0 aromatic heterocycles. The molecular formula is C15H16FNO3. The molecule has 0 saturated heterocycles.